The molecular formula is C22H20OZr. The minimum Gasteiger partial charge on any atom is -0.462 e. The Kier molecular flexibility index (Phi) is 4.79. The summed E-state index contributed by atoms with van der Waals surface area (Å²) in [5, 5.41) is 0. The molecule has 0 saturated carbocycles. The summed E-state index contributed by atoms with van der Waals surface area (Å²) in [6, 6.07) is 17.4. The van der Waals surface area contributed by atoms with Crippen LogP contribution in [-0.4, -0.2) is 0 Å². The summed E-state index contributed by atoms with van der Waals surface area (Å²) in [6.45, 7) is 6.32. The van der Waals surface area contributed by atoms with Crippen molar-refractivity contribution in [3.05, 3.63) is 82.3 Å². The first kappa shape index (κ1) is 17.2. The van der Waals surface area contributed by atoms with Gasteiger partial charge >= 0.3 is 0 Å². The third kappa shape index (κ3) is 3.00. The SMILES string of the molecule is Cc1ccc(-c2c(C)ccc3c2C=C(c2ccc(C)o2)C3)cc1.[Zr]. The van der Waals surface area contributed by atoms with Crippen molar-refractivity contribution < 1.29 is 30.6 Å². The summed E-state index contributed by atoms with van der Waals surface area (Å²) < 4.78 is 5.82. The molecule has 24 heavy (non-hydrogen) atoms. The van der Waals surface area contributed by atoms with Crippen LogP contribution in [0.2, 0.25) is 0 Å². The van der Waals surface area contributed by atoms with Crippen LogP contribution in [0.3, 0.4) is 0 Å². The van der Waals surface area contributed by atoms with Crippen LogP contribution in [0.1, 0.15) is 33.8 Å². The van der Waals surface area contributed by atoms with Gasteiger partial charge in [-0.25, -0.2) is 0 Å². The maximum absolute atomic E-state index is 5.82. The first-order valence-corrected chi connectivity index (χ1v) is 8.09. The zero-order valence-corrected chi connectivity index (χ0v) is 16.8. The van der Waals surface area contributed by atoms with E-state index in [9.17, 15) is 0 Å². The molecule has 1 aliphatic rings. The predicted molar refractivity (Wildman–Crippen MR) is 96.4 cm³/mol. The van der Waals surface area contributed by atoms with Crippen molar-refractivity contribution in [2.24, 2.45) is 0 Å². The Bertz CT molecular complexity index is 914. The molecule has 2 aromatic carbocycles. The normalized spacial score (nSPS) is 12.5. The van der Waals surface area contributed by atoms with Crippen molar-refractivity contribution in [1.29, 1.82) is 0 Å². The molecule has 118 valence electrons. The quantitative estimate of drug-likeness (QED) is 0.525. The molecule has 0 saturated heterocycles. The molecule has 0 fully saturated rings. The number of rotatable bonds is 2. The van der Waals surface area contributed by atoms with Gasteiger partial charge in [0, 0.05) is 32.6 Å². The molecule has 3 aromatic rings. The van der Waals surface area contributed by atoms with E-state index in [1.54, 1.807) is 0 Å². The van der Waals surface area contributed by atoms with Crippen LogP contribution in [0.4, 0.5) is 0 Å². The monoisotopic (exact) mass is 390 g/mol. The largest absolute Gasteiger partial charge is 0.462 e. The third-order valence-electron chi connectivity index (χ3n) is 4.64. The summed E-state index contributed by atoms with van der Waals surface area (Å²) in [7, 11) is 0. The summed E-state index contributed by atoms with van der Waals surface area (Å²) >= 11 is 0. The van der Waals surface area contributed by atoms with Crippen molar-refractivity contribution in [2.45, 2.75) is 27.2 Å². The Labute approximate surface area is 162 Å². The fourth-order valence-corrected chi connectivity index (χ4v) is 3.39. The Morgan fingerprint density at radius 1 is 0.833 bits per heavy atom. The zero-order valence-electron chi connectivity index (χ0n) is 14.3. The summed E-state index contributed by atoms with van der Waals surface area (Å²) in [5.74, 6) is 1.96. The van der Waals surface area contributed by atoms with Crippen LogP contribution in [0, 0.1) is 20.8 Å². The van der Waals surface area contributed by atoms with Gasteiger partial charge in [-0.05, 0) is 72.4 Å². The van der Waals surface area contributed by atoms with E-state index in [1.165, 1.54) is 39.0 Å². The van der Waals surface area contributed by atoms with Crippen LogP contribution in [0.25, 0.3) is 22.8 Å². The van der Waals surface area contributed by atoms with E-state index in [0.717, 1.165) is 17.9 Å². The number of hydrogen-bond donors (Lipinski definition) is 0. The molecule has 0 bridgehead atoms. The van der Waals surface area contributed by atoms with Crippen LogP contribution in [0.15, 0.2) is 52.9 Å². The molecule has 0 atom stereocenters. The molecule has 1 nitrogen and oxygen atoms in total. The van der Waals surface area contributed by atoms with E-state index in [1.807, 2.05) is 13.0 Å². The molecular weight excluding hydrogens is 371 g/mol. The smallest absolute Gasteiger partial charge is 0.130 e. The molecule has 0 radical (unpaired) electrons. The average molecular weight is 392 g/mol. The molecule has 1 heterocycles. The molecule has 0 amide bonds. The van der Waals surface area contributed by atoms with Crippen molar-refractivity contribution in [3.63, 3.8) is 0 Å². The third-order valence-corrected chi connectivity index (χ3v) is 4.64. The molecule has 4 rings (SSSR count). The van der Waals surface area contributed by atoms with E-state index >= 15 is 0 Å². The van der Waals surface area contributed by atoms with Crippen molar-refractivity contribution in [1.82, 2.24) is 0 Å². The number of benzene rings is 2. The standard InChI is InChI=1S/C22H20O.Zr/c1-14-4-8-17(9-5-14)22-15(2)6-10-18-12-19(13-20(18)22)21-11-7-16(3)23-21;/h4-11,13H,12H2,1-3H3;. The molecule has 2 heteroatoms. The summed E-state index contributed by atoms with van der Waals surface area (Å²) in [5.41, 5.74) is 9.25. The first-order valence-electron chi connectivity index (χ1n) is 8.09. The van der Waals surface area contributed by atoms with Gasteiger partial charge in [0.15, 0.2) is 0 Å². The van der Waals surface area contributed by atoms with E-state index in [-0.39, 0.29) is 26.2 Å². The molecule has 0 aliphatic heterocycles. The first-order chi connectivity index (χ1) is 11.1. The van der Waals surface area contributed by atoms with Crippen molar-refractivity contribution in [3.8, 4) is 11.1 Å². The average Bonchev–Trinajstić information content (AvgIpc) is 3.14. The van der Waals surface area contributed by atoms with Gasteiger partial charge in [-0.3, -0.25) is 0 Å². The second-order valence-electron chi connectivity index (χ2n) is 6.45. The number of fused-ring (bicyclic) bond motifs is 1. The topological polar surface area (TPSA) is 13.1 Å². The van der Waals surface area contributed by atoms with Gasteiger partial charge in [-0.2, -0.15) is 0 Å². The van der Waals surface area contributed by atoms with Crippen LogP contribution >= 0.6 is 0 Å². The zero-order chi connectivity index (χ0) is 16.0. The minimum atomic E-state index is 0. The van der Waals surface area contributed by atoms with Crippen LogP contribution in [0.5, 0.6) is 0 Å². The van der Waals surface area contributed by atoms with E-state index in [0.29, 0.717) is 0 Å². The summed E-state index contributed by atoms with van der Waals surface area (Å²) in [6.07, 6.45) is 3.25. The number of aryl methyl sites for hydroxylation is 3. The molecule has 1 aromatic heterocycles. The van der Waals surface area contributed by atoms with Gasteiger partial charge in [0.2, 0.25) is 0 Å². The minimum absolute atomic E-state index is 0. The Balaban J connectivity index is 0.00000169. The van der Waals surface area contributed by atoms with Gasteiger partial charge in [0.1, 0.15) is 11.5 Å². The van der Waals surface area contributed by atoms with E-state index < -0.39 is 0 Å². The second kappa shape index (κ2) is 6.69. The fourth-order valence-electron chi connectivity index (χ4n) is 3.39. The predicted octanol–water partition coefficient (Wildman–Crippen LogP) is 5.97. The van der Waals surface area contributed by atoms with Crippen LogP contribution in [-0.2, 0) is 32.6 Å². The maximum Gasteiger partial charge on any atom is 0.130 e. The van der Waals surface area contributed by atoms with Crippen molar-refractivity contribution in [2.75, 3.05) is 0 Å². The van der Waals surface area contributed by atoms with Gasteiger partial charge in [0.05, 0.1) is 0 Å². The van der Waals surface area contributed by atoms with Gasteiger partial charge < -0.3 is 4.42 Å². The summed E-state index contributed by atoms with van der Waals surface area (Å²) in [4.78, 5) is 0. The van der Waals surface area contributed by atoms with Crippen LogP contribution < -0.4 is 0 Å². The fraction of sp³-hybridized carbons (Fsp3) is 0.182. The number of hydrogen-bond acceptors (Lipinski definition) is 1. The second-order valence-corrected chi connectivity index (χ2v) is 6.45. The molecule has 1 aliphatic carbocycles. The Hall–Kier alpha value is -1.66. The molecule has 0 N–H and O–H groups in total. The Morgan fingerprint density at radius 2 is 1.58 bits per heavy atom. The maximum atomic E-state index is 5.82. The number of furan rings is 1. The number of allylic oxidation sites excluding steroid dienone is 1. The van der Waals surface area contributed by atoms with Crippen molar-refractivity contribution >= 4 is 11.6 Å². The van der Waals surface area contributed by atoms with Gasteiger partial charge in [-0.15, -0.1) is 0 Å². The van der Waals surface area contributed by atoms with Gasteiger partial charge in [0.25, 0.3) is 0 Å². The Morgan fingerprint density at radius 3 is 2.25 bits per heavy atom. The van der Waals surface area contributed by atoms with E-state index in [2.05, 4.69) is 62.4 Å². The van der Waals surface area contributed by atoms with E-state index in [4.69, 9.17) is 4.42 Å². The molecule has 0 unspecified atom stereocenters. The molecule has 0 spiro atoms. The van der Waals surface area contributed by atoms with Gasteiger partial charge in [-0.1, -0.05) is 42.0 Å².